The van der Waals surface area contributed by atoms with Crippen molar-refractivity contribution in [3.8, 4) is 17.2 Å². The number of carbonyl (C=O) groups excluding carboxylic acids is 2. The maximum absolute atomic E-state index is 14.6. The van der Waals surface area contributed by atoms with Crippen molar-refractivity contribution < 1.29 is 38.6 Å². The zero-order chi connectivity index (χ0) is 31.7. The van der Waals surface area contributed by atoms with Gasteiger partial charge in [-0.3, -0.25) is 19.7 Å². The Hall–Kier alpha value is -5.32. The Morgan fingerprint density at radius 1 is 0.844 bits per heavy atom. The Morgan fingerprint density at radius 2 is 1.51 bits per heavy atom. The number of aromatic hydroxyl groups is 1. The van der Waals surface area contributed by atoms with Crippen LogP contribution in [-0.4, -0.2) is 41.6 Å². The number of phenols is 1. The van der Waals surface area contributed by atoms with Crippen molar-refractivity contribution in [1.29, 1.82) is 0 Å². The largest absolute Gasteiger partial charge is 0.507 e. The van der Waals surface area contributed by atoms with E-state index in [2.05, 4.69) is 0 Å². The normalized spacial score (nSPS) is 15.3. The minimum absolute atomic E-state index is 0.0220. The van der Waals surface area contributed by atoms with E-state index in [9.17, 15) is 24.8 Å². The van der Waals surface area contributed by atoms with Crippen molar-refractivity contribution in [3.05, 3.63) is 133 Å². The molecule has 0 bridgehead atoms. The van der Waals surface area contributed by atoms with Crippen molar-refractivity contribution in [2.75, 3.05) is 13.9 Å². The van der Waals surface area contributed by atoms with Crippen LogP contribution in [0.2, 0.25) is 0 Å². The molecule has 10 nitrogen and oxygen atoms in total. The molecule has 0 unspecified atom stereocenters. The number of hydrogen-bond acceptors (Lipinski definition) is 9. The predicted octanol–water partition coefficient (Wildman–Crippen LogP) is 6.14. The molecule has 0 spiro atoms. The van der Waals surface area contributed by atoms with Crippen LogP contribution in [0.25, 0.3) is 5.57 Å². The Morgan fingerprint density at radius 3 is 2.20 bits per heavy atom. The lowest BCUT2D eigenvalue weighted by molar-refractivity contribution is -0.384. The predicted molar refractivity (Wildman–Crippen MR) is 164 cm³/mol. The van der Waals surface area contributed by atoms with Crippen molar-refractivity contribution >= 4 is 22.8 Å². The second kappa shape index (κ2) is 12.4. The molecule has 0 aliphatic heterocycles. The number of hydrogen-bond donors (Lipinski definition) is 1. The Balaban J connectivity index is 1.45. The summed E-state index contributed by atoms with van der Waals surface area (Å²) in [6.07, 6.45) is -0.652. The number of allylic oxidation sites excluding steroid dienone is 1. The highest BCUT2D eigenvalue weighted by Crippen LogP contribution is 2.48. The van der Waals surface area contributed by atoms with E-state index in [0.29, 0.717) is 11.1 Å². The molecule has 10 heteroatoms. The molecule has 2 aliphatic rings. The lowest BCUT2D eigenvalue weighted by atomic mass is 9.72. The highest BCUT2D eigenvalue weighted by molar-refractivity contribution is 6.43. The lowest BCUT2D eigenvalue weighted by Crippen LogP contribution is -2.35. The van der Waals surface area contributed by atoms with Crippen molar-refractivity contribution in [2.45, 2.75) is 32.7 Å². The van der Waals surface area contributed by atoms with E-state index in [-0.39, 0.29) is 77.2 Å². The monoisotopic (exact) mass is 607 g/mol. The number of benzene rings is 4. The molecule has 4 aromatic carbocycles. The molecule has 0 radical (unpaired) electrons. The third-order valence-electron chi connectivity index (χ3n) is 7.81. The van der Waals surface area contributed by atoms with Crippen LogP contribution in [0.4, 0.5) is 5.69 Å². The van der Waals surface area contributed by atoms with Crippen LogP contribution < -0.4 is 9.47 Å². The highest BCUT2D eigenvalue weighted by atomic mass is 16.7. The molecule has 228 valence electrons. The number of ether oxygens (including phenoxy) is 4. The Bertz CT molecular complexity index is 1850. The van der Waals surface area contributed by atoms with E-state index in [1.165, 1.54) is 19.2 Å². The molecule has 4 aromatic rings. The van der Waals surface area contributed by atoms with E-state index in [4.69, 9.17) is 18.9 Å². The summed E-state index contributed by atoms with van der Waals surface area (Å²) < 4.78 is 23.2. The summed E-state index contributed by atoms with van der Waals surface area (Å²) in [5, 5.41) is 22.2. The molecule has 0 amide bonds. The van der Waals surface area contributed by atoms with Crippen LogP contribution in [0.1, 0.15) is 48.5 Å². The van der Waals surface area contributed by atoms with Gasteiger partial charge in [-0.05, 0) is 59.5 Å². The minimum atomic E-state index is -0.863. The van der Waals surface area contributed by atoms with Gasteiger partial charge in [0.25, 0.3) is 5.69 Å². The number of aryl methyl sites for hydroxylation is 1. The van der Waals surface area contributed by atoms with Crippen LogP contribution in [0.5, 0.6) is 17.2 Å². The third-order valence-corrected chi connectivity index (χ3v) is 7.81. The van der Waals surface area contributed by atoms with Gasteiger partial charge < -0.3 is 24.1 Å². The summed E-state index contributed by atoms with van der Waals surface area (Å²) in [4.78, 5) is 39.7. The van der Waals surface area contributed by atoms with Gasteiger partial charge in [-0.2, -0.15) is 0 Å². The smallest absolute Gasteiger partial charge is 0.269 e. The molecule has 0 heterocycles. The summed E-state index contributed by atoms with van der Waals surface area (Å²) >= 11 is 0. The Kier molecular flexibility index (Phi) is 8.16. The zero-order valence-corrected chi connectivity index (χ0v) is 24.6. The van der Waals surface area contributed by atoms with Gasteiger partial charge in [0.1, 0.15) is 23.9 Å². The molecule has 0 fully saturated rings. The number of Topliss-reactive ketones (excluding diaryl/α,β-unsaturated/α-hetero) is 2. The number of phenolic OH excluding ortho intramolecular Hbond substituents is 1. The average Bonchev–Trinajstić information content (AvgIpc) is 3.04. The van der Waals surface area contributed by atoms with Crippen LogP contribution in [-0.2, 0) is 29.1 Å². The van der Waals surface area contributed by atoms with Crippen molar-refractivity contribution in [1.82, 2.24) is 0 Å². The van der Waals surface area contributed by atoms with Gasteiger partial charge >= 0.3 is 0 Å². The molecule has 45 heavy (non-hydrogen) atoms. The maximum atomic E-state index is 14.6. The number of non-ortho nitro benzene ring substituents is 1. The first-order valence-corrected chi connectivity index (χ1v) is 14.2. The highest BCUT2D eigenvalue weighted by Gasteiger charge is 2.45. The first-order chi connectivity index (χ1) is 21.8. The van der Waals surface area contributed by atoms with Crippen LogP contribution >= 0.6 is 0 Å². The second-order valence-electron chi connectivity index (χ2n) is 10.8. The first-order valence-electron chi connectivity index (χ1n) is 14.2. The van der Waals surface area contributed by atoms with E-state index < -0.39 is 22.6 Å². The van der Waals surface area contributed by atoms with Crippen molar-refractivity contribution in [3.63, 3.8) is 0 Å². The second-order valence-corrected chi connectivity index (χ2v) is 10.8. The molecular formula is C35H29NO9. The fraction of sp³-hybridized carbons (Fsp3) is 0.200. The quantitative estimate of drug-likeness (QED) is 0.128. The number of ketones is 2. The molecule has 0 aromatic heterocycles. The lowest BCUT2D eigenvalue weighted by Gasteiger charge is -2.34. The van der Waals surface area contributed by atoms with Gasteiger partial charge in [0.15, 0.2) is 18.4 Å². The number of carbonyl (C=O) groups is 2. The first kappa shape index (κ1) is 29.7. The van der Waals surface area contributed by atoms with Gasteiger partial charge in [0, 0.05) is 42.4 Å². The summed E-state index contributed by atoms with van der Waals surface area (Å²) in [7, 11) is 1.45. The number of nitro benzene ring substituents is 1. The molecule has 2 aliphatic carbocycles. The molecule has 0 saturated carbocycles. The number of fused-ring (bicyclic) bond motifs is 3. The molecule has 0 saturated heterocycles. The molecule has 6 rings (SSSR count). The topological polar surface area (TPSA) is 134 Å². The SMILES string of the molecule is COCOc1ccc(OCc2ccccc2)c2c1C(=O)C1=C(C2=O)c2c(O)cc(C)cc2C[C@H]1OCc1ccc([N+](=O)[O-])cc1. The Labute approximate surface area is 258 Å². The van der Waals surface area contributed by atoms with Crippen LogP contribution in [0.15, 0.2) is 84.4 Å². The fourth-order valence-electron chi connectivity index (χ4n) is 5.81. The average molecular weight is 608 g/mol. The number of rotatable bonds is 10. The maximum Gasteiger partial charge on any atom is 0.269 e. The number of nitro groups is 1. The summed E-state index contributed by atoms with van der Waals surface area (Å²) in [6.45, 7) is 1.84. The number of nitrogens with zero attached hydrogens (tertiary/aromatic N) is 1. The molecule has 1 N–H and O–H groups in total. The third kappa shape index (κ3) is 5.68. The van der Waals surface area contributed by atoms with Gasteiger partial charge in [-0.1, -0.05) is 36.4 Å². The van der Waals surface area contributed by atoms with Gasteiger partial charge in [-0.15, -0.1) is 0 Å². The van der Waals surface area contributed by atoms with E-state index in [1.54, 1.807) is 30.3 Å². The fourth-order valence-corrected chi connectivity index (χ4v) is 5.81. The van der Waals surface area contributed by atoms with Gasteiger partial charge in [0.2, 0.25) is 0 Å². The minimum Gasteiger partial charge on any atom is -0.507 e. The van der Waals surface area contributed by atoms with E-state index in [1.807, 2.05) is 43.3 Å². The van der Waals surface area contributed by atoms with Crippen LogP contribution in [0.3, 0.4) is 0 Å². The summed E-state index contributed by atoms with van der Waals surface area (Å²) in [5.74, 6) is -0.762. The summed E-state index contributed by atoms with van der Waals surface area (Å²) in [5.41, 5.74) is 3.40. The van der Waals surface area contributed by atoms with Gasteiger partial charge in [0.05, 0.1) is 28.8 Å². The van der Waals surface area contributed by atoms with E-state index in [0.717, 1.165) is 11.1 Å². The van der Waals surface area contributed by atoms with E-state index >= 15 is 0 Å². The summed E-state index contributed by atoms with van der Waals surface area (Å²) in [6, 6.07) is 21.9. The standard InChI is InChI=1S/C35H29NO9/c1-20-14-23-16-28(44-18-22-8-10-24(11-9-22)36(40)41)32-33(29(23)25(37)15-20)35(39)30-26(43-17-21-6-4-3-5-7-21)12-13-27(45-19-42-2)31(30)34(32)38/h3-15,28,37H,16-19H2,1-2H3/t28-/m1/s1. The molecule has 1 atom stereocenters. The van der Waals surface area contributed by atoms with Crippen molar-refractivity contribution in [2.24, 2.45) is 0 Å². The van der Waals surface area contributed by atoms with Gasteiger partial charge in [-0.25, -0.2) is 0 Å². The van der Waals surface area contributed by atoms with Crippen LogP contribution in [0, 0.1) is 17.0 Å². The number of methoxy groups -OCH3 is 1. The zero-order valence-electron chi connectivity index (χ0n) is 24.6. The molecular weight excluding hydrogens is 578 g/mol.